The summed E-state index contributed by atoms with van der Waals surface area (Å²) < 4.78 is 0. The van der Waals surface area contributed by atoms with Gasteiger partial charge in [0.15, 0.2) is 0 Å². The fourth-order valence-corrected chi connectivity index (χ4v) is 2.16. The number of aromatic amines is 1. The number of aromatic carboxylic acids is 1. The van der Waals surface area contributed by atoms with E-state index in [0.717, 1.165) is 10.9 Å². The van der Waals surface area contributed by atoms with Crippen LogP contribution in [0.15, 0.2) is 54.7 Å². The van der Waals surface area contributed by atoms with E-state index in [0.29, 0.717) is 5.56 Å². The lowest BCUT2D eigenvalue weighted by Gasteiger charge is -2.08. The number of para-hydroxylation sites is 1. The number of carboxylic acid groups (broad SMARTS) is 1. The van der Waals surface area contributed by atoms with E-state index in [1.54, 1.807) is 36.5 Å². The number of anilines is 1. The second-order valence-electron chi connectivity index (χ2n) is 4.58. The van der Waals surface area contributed by atoms with Crippen molar-refractivity contribution < 1.29 is 14.7 Å². The van der Waals surface area contributed by atoms with Gasteiger partial charge < -0.3 is 15.4 Å². The van der Waals surface area contributed by atoms with Gasteiger partial charge in [0.2, 0.25) is 0 Å². The minimum absolute atomic E-state index is 0.0619. The Morgan fingerprint density at radius 2 is 1.86 bits per heavy atom. The number of carbonyl (C=O) groups excluding carboxylic acids is 1. The van der Waals surface area contributed by atoms with Crippen LogP contribution in [0, 0.1) is 0 Å². The third-order valence-electron chi connectivity index (χ3n) is 3.22. The minimum atomic E-state index is -1.08. The van der Waals surface area contributed by atoms with Crippen molar-refractivity contribution in [2.45, 2.75) is 0 Å². The number of hydrogen-bond acceptors (Lipinski definition) is 2. The summed E-state index contributed by atoms with van der Waals surface area (Å²) in [6.07, 6.45) is 1.80. The van der Waals surface area contributed by atoms with E-state index in [1.165, 1.54) is 6.07 Å². The molecule has 1 aromatic heterocycles. The molecule has 0 saturated carbocycles. The molecule has 0 saturated heterocycles. The van der Waals surface area contributed by atoms with Crippen LogP contribution in [0.25, 0.3) is 10.9 Å². The first kappa shape index (κ1) is 12.9. The molecule has 3 N–H and O–H groups in total. The smallest absolute Gasteiger partial charge is 0.337 e. The fourth-order valence-electron chi connectivity index (χ4n) is 2.16. The van der Waals surface area contributed by atoms with Crippen molar-refractivity contribution in [3.63, 3.8) is 0 Å². The van der Waals surface area contributed by atoms with Crippen molar-refractivity contribution in [2.75, 3.05) is 5.32 Å². The Morgan fingerprint density at radius 1 is 1.05 bits per heavy atom. The SMILES string of the molecule is O=C(Nc1ccccc1C(=O)O)c1ccc2cc[nH]c2c1. The van der Waals surface area contributed by atoms with Crippen LogP contribution in [0.5, 0.6) is 0 Å². The lowest BCUT2D eigenvalue weighted by Crippen LogP contribution is -2.14. The van der Waals surface area contributed by atoms with E-state index in [1.807, 2.05) is 12.1 Å². The summed E-state index contributed by atoms with van der Waals surface area (Å²) >= 11 is 0. The molecule has 104 valence electrons. The van der Waals surface area contributed by atoms with Crippen molar-refractivity contribution in [3.8, 4) is 0 Å². The third kappa shape index (κ3) is 2.49. The molecule has 0 fully saturated rings. The topological polar surface area (TPSA) is 82.2 Å². The maximum absolute atomic E-state index is 12.2. The Labute approximate surface area is 120 Å². The monoisotopic (exact) mass is 280 g/mol. The molecule has 0 unspecified atom stereocenters. The number of fused-ring (bicyclic) bond motifs is 1. The molecule has 5 nitrogen and oxygen atoms in total. The Morgan fingerprint density at radius 3 is 2.67 bits per heavy atom. The van der Waals surface area contributed by atoms with Crippen LogP contribution in [-0.4, -0.2) is 22.0 Å². The second-order valence-corrected chi connectivity index (χ2v) is 4.58. The Bertz CT molecular complexity index is 836. The predicted octanol–water partition coefficient (Wildman–Crippen LogP) is 3.12. The van der Waals surface area contributed by atoms with Gasteiger partial charge >= 0.3 is 5.97 Å². The second kappa shape index (κ2) is 5.13. The highest BCUT2D eigenvalue weighted by atomic mass is 16.4. The molecule has 0 aliphatic rings. The lowest BCUT2D eigenvalue weighted by molar-refractivity contribution is 0.0698. The predicted molar refractivity (Wildman–Crippen MR) is 79.7 cm³/mol. The molecule has 0 bridgehead atoms. The first-order chi connectivity index (χ1) is 10.1. The Kier molecular flexibility index (Phi) is 3.16. The molecule has 0 spiro atoms. The molecule has 3 aromatic rings. The van der Waals surface area contributed by atoms with E-state index < -0.39 is 5.97 Å². The third-order valence-corrected chi connectivity index (χ3v) is 3.22. The first-order valence-electron chi connectivity index (χ1n) is 6.36. The van der Waals surface area contributed by atoms with Crippen LogP contribution in [-0.2, 0) is 0 Å². The van der Waals surface area contributed by atoms with Crippen LogP contribution in [0.4, 0.5) is 5.69 Å². The number of benzene rings is 2. The standard InChI is InChI=1S/C16H12N2O3/c19-15(11-6-5-10-7-8-17-14(10)9-11)18-13-4-2-1-3-12(13)16(20)21/h1-9,17H,(H,18,19)(H,20,21). The van der Waals surface area contributed by atoms with E-state index >= 15 is 0 Å². The van der Waals surface area contributed by atoms with Gasteiger partial charge in [-0.3, -0.25) is 4.79 Å². The van der Waals surface area contributed by atoms with Crippen molar-refractivity contribution in [2.24, 2.45) is 0 Å². The van der Waals surface area contributed by atoms with Crippen LogP contribution >= 0.6 is 0 Å². The lowest BCUT2D eigenvalue weighted by atomic mass is 10.1. The van der Waals surface area contributed by atoms with Gasteiger partial charge in [0.1, 0.15) is 0 Å². The molecule has 2 aromatic carbocycles. The quantitative estimate of drug-likeness (QED) is 0.689. The maximum atomic E-state index is 12.2. The van der Waals surface area contributed by atoms with Gasteiger partial charge in [-0.2, -0.15) is 0 Å². The largest absolute Gasteiger partial charge is 0.478 e. The normalized spacial score (nSPS) is 10.5. The van der Waals surface area contributed by atoms with Crippen LogP contribution in [0.2, 0.25) is 0 Å². The molecule has 1 amide bonds. The van der Waals surface area contributed by atoms with Gasteiger partial charge in [-0.05, 0) is 35.7 Å². The summed E-state index contributed by atoms with van der Waals surface area (Å²) in [6.45, 7) is 0. The van der Waals surface area contributed by atoms with Crippen molar-refractivity contribution >= 4 is 28.5 Å². The summed E-state index contributed by atoms with van der Waals surface area (Å²) in [5, 5.41) is 12.7. The van der Waals surface area contributed by atoms with Gasteiger partial charge in [-0.1, -0.05) is 18.2 Å². The molecule has 3 rings (SSSR count). The molecule has 0 atom stereocenters. The summed E-state index contributed by atoms with van der Waals surface area (Å²) in [5.74, 6) is -1.43. The van der Waals surface area contributed by atoms with Crippen molar-refractivity contribution in [1.29, 1.82) is 0 Å². The zero-order chi connectivity index (χ0) is 14.8. The first-order valence-corrected chi connectivity index (χ1v) is 6.36. The van der Waals surface area contributed by atoms with Crippen LogP contribution in [0.1, 0.15) is 20.7 Å². The van der Waals surface area contributed by atoms with E-state index in [9.17, 15) is 9.59 Å². The Hall–Kier alpha value is -3.08. The molecule has 1 heterocycles. The van der Waals surface area contributed by atoms with Gasteiger partial charge in [-0.15, -0.1) is 0 Å². The number of carbonyl (C=O) groups is 2. The maximum Gasteiger partial charge on any atom is 0.337 e. The van der Waals surface area contributed by atoms with Crippen LogP contribution in [0.3, 0.4) is 0 Å². The molecule has 0 aliphatic heterocycles. The number of amides is 1. The molecule has 21 heavy (non-hydrogen) atoms. The van der Waals surface area contributed by atoms with Gasteiger partial charge in [0.05, 0.1) is 11.3 Å². The minimum Gasteiger partial charge on any atom is -0.478 e. The number of hydrogen-bond donors (Lipinski definition) is 3. The van der Waals surface area contributed by atoms with Crippen molar-refractivity contribution in [3.05, 3.63) is 65.9 Å². The van der Waals surface area contributed by atoms with Crippen molar-refractivity contribution in [1.82, 2.24) is 4.98 Å². The average molecular weight is 280 g/mol. The fraction of sp³-hybridized carbons (Fsp3) is 0. The van der Waals surface area contributed by atoms with Gasteiger partial charge in [0.25, 0.3) is 5.91 Å². The highest BCUT2D eigenvalue weighted by Gasteiger charge is 2.13. The van der Waals surface area contributed by atoms with Gasteiger partial charge in [-0.25, -0.2) is 4.79 Å². The van der Waals surface area contributed by atoms with E-state index in [-0.39, 0.29) is 17.2 Å². The molecular weight excluding hydrogens is 268 g/mol. The Balaban J connectivity index is 1.91. The molecule has 0 aliphatic carbocycles. The zero-order valence-electron chi connectivity index (χ0n) is 11.0. The van der Waals surface area contributed by atoms with E-state index in [2.05, 4.69) is 10.3 Å². The highest BCUT2D eigenvalue weighted by molar-refractivity contribution is 6.08. The average Bonchev–Trinajstić information content (AvgIpc) is 2.94. The van der Waals surface area contributed by atoms with Gasteiger partial charge in [0, 0.05) is 17.3 Å². The van der Waals surface area contributed by atoms with Crippen LogP contribution < -0.4 is 5.32 Å². The molecule has 5 heteroatoms. The molecule has 0 radical (unpaired) electrons. The summed E-state index contributed by atoms with van der Waals surface area (Å²) in [7, 11) is 0. The highest BCUT2D eigenvalue weighted by Crippen LogP contribution is 2.18. The summed E-state index contributed by atoms with van der Waals surface area (Å²) in [6, 6.07) is 13.5. The number of nitrogens with one attached hydrogen (secondary N) is 2. The zero-order valence-corrected chi connectivity index (χ0v) is 11.0. The molecular formula is C16H12N2O3. The number of H-pyrrole nitrogens is 1. The summed E-state index contributed by atoms with van der Waals surface area (Å²) in [4.78, 5) is 26.4. The van der Waals surface area contributed by atoms with E-state index in [4.69, 9.17) is 5.11 Å². The number of rotatable bonds is 3. The number of aromatic nitrogens is 1. The number of carboxylic acids is 1. The summed E-state index contributed by atoms with van der Waals surface area (Å²) in [5.41, 5.74) is 1.66.